The Balaban J connectivity index is 1.45. The van der Waals surface area contributed by atoms with E-state index in [1.165, 1.54) is 0 Å². The SMILES string of the molecule is CC1(C(=O)N2CC(C)(c3nnc(-c4ccccn4)o3)C2)CCCCO1. The van der Waals surface area contributed by atoms with Crippen molar-refractivity contribution in [3.8, 4) is 11.6 Å². The van der Waals surface area contributed by atoms with E-state index in [0.717, 1.165) is 19.3 Å². The number of carbonyl (C=O) groups excluding carboxylic acids is 1. The molecule has 1 amide bonds. The first-order valence-electron chi connectivity index (χ1n) is 8.69. The maximum Gasteiger partial charge on any atom is 0.266 e. The second kappa shape index (κ2) is 5.91. The van der Waals surface area contributed by atoms with Crippen LogP contribution in [-0.4, -0.2) is 51.3 Å². The highest BCUT2D eigenvalue weighted by molar-refractivity contribution is 5.86. The van der Waals surface area contributed by atoms with Crippen molar-refractivity contribution in [3.63, 3.8) is 0 Å². The molecule has 0 N–H and O–H groups in total. The van der Waals surface area contributed by atoms with E-state index in [1.54, 1.807) is 6.20 Å². The fraction of sp³-hybridized carbons (Fsp3) is 0.556. The maximum absolute atomic E-state index is 12.8. The van der Waals surface area contributed by atoms with Crippen molar-refractivity contribution in [1.82, 2.24) is 20.1 Å². The largest absolute Gasteiger partial charge is 0.419 e. The summed E-state index contributed by atoms with van der Waals surface area (Å²) in [6, 6.07) is 5.55. The quantitative estimate of drug-likeness (QED) is 0.850. The Hall–Kier alpha value is -2.28. The Morgan fingerprint density at radius 3 is 2.72 bits per heavy atom. The summed E-state index contributed by atoms with van der Waals surface area (Å²) in [4.78, 5) is 18.8. The van der Waals surface area contributed by atoms with Crippen molar-refractivity contribution in [2.45, 2.75) is 44.1 Å². The van der Waals surface area contributed by atoms with E-state index in [-0.39, 0.29) is 11.3 Å². The minimum absolute atomic E-state index is 0.0640. The Bertz CT molecular complexity index is 762. The first-order valence-corrected chi connectivity index (χ1v) is 8.69. The van der Waals surface area contributed by atoms with Gasteiger partial charge in [0.05, 0.1) is 5.41 Å². The topological polar surface area (TPSA) is 81.4 Å². The summed E-state index contributed by atoms with van der Waals surface area (Å²) in [6.45, 7) is 5.72. The maximum atomic E-state index is 12.8. The average Bonchev–Trinajstić information content (AvgIpc) is 3.10. The van der Waals surface area contributed by atoms with E-state index in [2.05, 4.69) is 15.2 Å². The second-order valence-electron chi connectivity index (χ2n) is 7.39. The molecule has 2 aliphatic rings. The van der Waals surface area contributed by atoms with E-state index < -0.39 is 5.60 Å². The zero-order valence-corrected chi connectivity index (χ0v) is 14.6. The molecule has 7 heteroatoms. The van der Waals surface area contributed by atoms with Crippen LogP contribution in [0.25, 0.3) is 11.6 Å². The lowest BCUT2D eigenvalue weighted by molar-refractivity contribution is -0.169. The number of aromatic nitrogens is 3. The zero-order valence-electron chi connectivity index (χ0n) is 14.6. The lowest BCUT2D eigenvalue weighted by atomic mass is 9.80. The number of nitrogens with zero attached hydrogens (tertiary/aromatic N) is 4. The summed E-state index contributed by atoms with van der Waals surface area (Å²) in [6.07, 6.45) is 4.53. The minimum Gasteiger partial charge on any atom is -0.419 e. The summed E-state index contributed by atoms with van der Waals surface area (Å²) in [5.74, 6) is 1.02. The van der Waals surface area contributed by atoms with Gasteiger partial charge < -0.3 is 14.1 Å². The molecular formula is C18H22N4O3. The molecule has 1 unspecified atom stereocenters. The molecule has 7 nitrogen and oxygen atoms in total. The first-order chi connectivity index (χ1) is 12.0. The van der Waals surface area contributed by atoms with Crippen molar-refractivity contribution in [2.24, 2.45) is 0 Å². The van der Waals surface area contributed by atoms with Gasteiger partial charge in [0.2, 0.25) is 5.89 Å². The van der Waals surface area contributed by atoms with E-state index in [9.17, 15) is 4.79 Å². The van der Waals surface area contributed by atoms with Crippen LogP contribution in [0.1, 0.15) is 39.0 Å². The van der Waals surface area contributed by atoms with Crippen molar-refractivity contribution in [1.29, 1.82) is 0 Å². The molecule has 132 valence electrons. The van der Waals surface area contributed by atoms with Crippen molar-refractivity contribution >= 4 is 5.91 Å². The zero-order chi connectivity index (χ0) is 17.5. The van der Waals surface area contributed by atoms with Crippen LogP contribution in [0.5, 0.6) is 0 Å². The third-order valence-electron chi connectivity index (χ3n) is 5.11. The molecule has 25 heavy (non-hydrogen) atoms. The molecular weight excluding hydrogens is 320 g/mol. The van der Waals surface area contributed by atoms with Gasteiger partial charge in [-0.2, -0.15) is 0 Å². The van der Waals surface area contributed by atoms with Crippen LogP contribution in [0.15, 0.2) is 28.8 Å². The van der Waals surface area contributed by atoms with Gasteiger partial charge in [-0.3, -0.25) is 9.78 Å². The molecule has 2 aromatic rings. The number of rotatable bonds is 3. The van der Waals surface area contributed by atoms with Crippen LogP contribution in [0.3, 0.4) is 0 Å². The highest BCUT2D eigenvalue weighted by atomic mass is 16.5. The molecule has 0 spiro atoms. The summed E-state index contributed by atoms with van der Waals surface area (Å²) in [5, 5.41) is 8.28. The van der Waals surface area contributed by atoms with Crippen LogP contribution in [0.4, 0.5) is 0 Å². The molecule has 2 aromatic heterocycles. The number of ether oxygens (including phenoxy) is 1. The summed E-state index contributed by atoms with van der Waals surface area (Å²) < 4.78 is 11.6. The molecule has 4 rings (SSSR count). The smallest absolute Gasteiger partial charge is 0.266 e. The average molecular weight is 342 g/mol. The van der Waals surface area contributed by atoms with Crippen molar-refractivity contribution in [3.05, 3.63) is 30.3 Å². The number of hydrogen-bond donors (Lipinski definition) is 0. The summed E-state index contributed by atoms with van der Waals surface area (Å²) in [7, 11) is 0. The van der Waals surface area contributed by atoms with Gasteiger partial charge in [0, 0.05) is 25.9 Å². The van der Waals surface area contributed by atoms with Gasteiger partial charge in [0.1, 0.15) is 11.3 Å². The molecule has 0 aliphatic carbocycles. The molecule has 0 bridgehead atoms. The van der Waals surface area contributed by atoms with Crippen LogP contribution in [0.2, 0.25) is 0 Å². The normalized spacial score (nSPS) is 25.4. The third kappa shape index (κ3) is 2.82. The Morgan fingerprint density at radius 2 is 2.04 bits per heavy atom. The van der Waals surface area contributed by atoms with Gasteiger partial charge in [0.15, 0.2) is 0 Å². The second-order valence-corrected chi connectivity index (χ2v) is 7.39. The van der Waals surface area contributed by atoms with Crippen molar-refractivity contribution < 1.29 is 13.9 Å². The fourth-order valence-corrected chi connectivity index (χ4v) is 3.57. The lowest BCUT2D eigenvalue weighted by Gasteiger charge is -2.49. The fourth-order valence-electron chi connectivity index (χ4n) is 3.57. The highest BCUT2D eigenvalue weighted by Gasteiger charge is 2.51. The van der Waals surface area contributed by atoms with Crippen molar-refractivity contribution in [2.75, 3.05) is 19.7 Å². The van der Waals surface area contributed by atoms with Crippen LogP contribution < -0.4 is 0 Å². The first kappa shape index (κ1) is 16.2. The van der Waals surface area contributed by atoms with E-state index in [1.807, 2.05) is 36.9 Å². The van der Waals surface area contributed by atoms with E-state index in [0.29, 0.717) is 37.2 Å². The van der Waals surface area contributed by atoms with Gasteiger partial charge in [-0.15, -0.1) is 10.2 Å². The Labute approximate surface area is 146 Å². The molecule has 2 aliphatic heterocycles. The highest BCUT2D eigenvalue weighted by Crippen LogP contribution is 2.37. The summed E-state index contributed by atoms with van der Waals surface area (Å²) in [5.41, 5.74) is -0.353. The predicted molar refractivity (Wildman–Crippen MR) is 89.7 cm³/mol. The molecule has 2 fully saturated rings. The molecule has 0 aromatic carbocycles. The van der Waals surface area contributed by atoms with Gasteiger partial charge in [-0.1, -0.05) is 6.07 Å². The number of carbonyl (C=O) groups is 1. The van der Waals surface area contributed by atoms with Crippen LogP contribution >= 0.6 is 0 Å². The van der Waals surface area contributed by atoms with Gasteiger partial charge >= 0.3 is 0 Å². The lowest BCUT2D eigenvalue weighted by Crippen LogP contribution is -2.64. The predicted octanol–water partition coefficient (Wildman–Crippen LogP) is 2.19. The van der Waals surface area contributed by atoms with E-state index >= 15 is 0 Å². The molecule has 0 saturated carbocycles. The molecule has 1 atom stereocenters. The van der Waals surface area contributed by atoms with Gasteiger partial charge in [-0.25, -0.2) is 0 Å². The Morgan fingerprint density at radius 1 is 1.20 bits per heavy atom. The van der Waals surface area contributed by atoms with Gasteiger partial charge in [-0.05, 0) is 45.2 Å². The van der Waals surface area contributed by atoms with Crippen LogP contribution in [0, 0.1) is 0 Å². The molecule has 2 saturated heterocycles. The number of amides is 1. The monoisotopic (exact) mass is 342 g/mol. The number of hydrogen-bond acceptors (Lipinski definition) is 6. The molecule has 0 radical (unpaired) electrons. The Kier molecular flexibility index (Phi) is 3.83. The molecule has 4 heterocycles. The number of pyridine rings is 1. The third-order valence-corrected chi connectivity index (χ3v) is 5.11. The van der Waals surface area contributed by atoms with Crippen LogP contribution in [-0.2, 0) is 14.9 Å². The summed E-state index contributed by atoms with van der Waals surface area (Å²) >= 11 is 0. The van der Waals surface area contributed by atoms with Gasteiger partial charge in [0.25, 0.3) is 11.8 Å². The number of likely N-dealkylation sites (tertiary alicyclic amines) is 1. The van der Waals surface area contributed by atoms with E-state index in [4.69, 9.17) is 9.15 Å². The minimum atomic E-state index is -0.687. The standard InChI is InChI=1S/C18H22N4O3/c1-17(15-21-20-14(25-15)13-7-3-5-9-19-13)11-22(12-17)16(23)18(2)8-4-6-10-24-18/h3,5,7,9H,4,6,8,10-12H2,1-2H3.